The van der Waals surface area contributed by atoms with Gasteiger partial charge in [0, 0.05) is 11.8 Å². The number of rotatable bonds is 7. The molecule has 1 aromatic heterocycles. The Morgan fingerprint density at radius 2 is 1.91 bits per heavy atom. The molecule has 23 heavy (non-hydrogen) atoms. The molecule has 0 aliphatic carbocycles. The number of imidazole rings is 1. The van der Waals surface area contributed by atoms with Crippen LogP contribution < -0.4 is 9.47 Å². The molecule has 1 N–H and O–H groups in total. The lowest BCUT2D eigenvalue weighted by atomic mass is 10.3. The fraction of sp³-hybridized carbons (Fsp3) is 0.235. The van der Waals surface area contributed by atoms with Gasteiger partial charge in [-0.1, -0.05) is 11.8 Å². The van der Waals surface area contributed by atoms with Crippen LogP contribution in [0.1, 0.15) is 6.42 Å². The van der Waals surface area contributed by atoms with Crippen LogP contribution in [0.15, 0.2) is 47.6 Å². The number of aromatic nitrogens is 2. The summed E-state index contributed by atoms with van der Waals surface area (Å²) in [6.07, 6.45) is 0.877. The van der Waals surface area contributed by atoms with E-state index >= 15 is 0 Å². The van der Waals surface area contributed by atoms with Crippen molar-refractivity contribution < 1.29 is 13.9 Å². The quantitative estimate of drug-likeness (QED) is 0.518. The lowest BCUT2D eigenvalue weighted by Crippen LogP contribution is -1.98. The van der Waals surface area contributed by atoms with Gasteiger partial charge in [-0.15, -0.1) is 0 Å². The molecule has 0 fully saturated rings. The van der Waals surface area contributed by atoms with Crippen LogP contribution in [-0.4, -0.2) is 29.4 Å². The minimum atomic E-state index is -0.255. The largest absolute Gasteiger partial charge is 0.497 e. The SMILES string of the molecule is COc1ccc2nc(SCCCOc3ccc(F)cc3)[nH]c2c1. The van der Waals surface area contributed by atoms with Crippen LogP contribution in [0.2, 0.25) is 0 Å². The molecule has 2 aromatic carbocycles. The second kappa shape index (κ2) is 7.37. The summed E-state index contributed by atoms with van der Waals surface area (Å²) in [5.41, 5.74) is 1.89. The third kappa shape index (κ3) is 4.16. The molecule has 0 aliphatic rings. The first-order chi connectivity index (χ1) is 11.2. The van der Waals surface area contributed by atoms with Gasteiger partial charge in [0.05, 0.1) is 24.8 Å². The maximum atomic E-state index is 12.8. The molecule has 3 rings (SSSR count). The van der Waals surface area contributed by atoms with E-state index in [4.69, 9.17) is 9.47 Å². The number of aromatic amines is 1. The molecule has 0 aliphatic heterocycles. The highest BCUT2D eigenvalue weighted by Crippen LogP contribution is 2.23. The Hall–Kier alpha value is -2.21. The lowest BCUT2D eigenvalue weighted by Gasteiger charge is -2.05. The Labute approximate surface area is 138 Å². The van der Waals surface area contributed by atoms with Gasteiger partial charge < -0.3 is 14.5 Å². The first kappa shape index (κ1) is 15.7. The molecule has 0 amide bonds. The molecule has 0 bridgehead atoms. The first-order valence-corrected chi connectivity index (χ1v) is 8.28. The number of H-pyrrole nitrogens is 1. The van der Waals surface area contributed by atoms with Crippen molar-refractivity contribution >= 4 is 22.8 Å². The van der Waals surface area contributed by atoms with Crippen LogP contribution >= 0.6 is 11.8 Å². The third-order valence-corrected chi connectivity index (χ3v) is 4.24. The molecular weight excluding hydrogens is 315 g/mol. The van der Waals surface area contributed by atoms with Gasteiger partial charge in [-0.25, -0.2) is 9.37 Å². The summed E-state index contributed by atoms with van der Waals surface area (Å²) >= 11 is 1.65. The van der Waals surface area contributed by atoms with Crippen LogP contribution in [-0.2, 0) is 0 Å². The van der Waals surface area contributed by atoms with Crippen LogP contribution in [0.4, 0.5) is 4.39 Å². The maximum absolute atomic E-state index is 12.8. The number of fused-ring (bicyclic) bond motifs is 1. The van der Waals surface area contributed by atoms with Crippen molar-refractivity contribution in [3.8, 4) is 11.5 Å². The molecule has 4 nitrogen and oxygen atoms in total. The highest BCUT2D eigenvalue weighted by Gasteiger charge is 2.04. The van der Waals surface area contributed by atoms with Gasteiger partial charge in [-0.3, -0.25) is 0 Å². The van der Waals surface area contributed by atoms with E-state index in [1.54, 1.807) is 31.0 Å². The maximum Gasteiger partial charge on any atom is 0.166 e. The molecule has 0 radical (unpaired) electrons. The van der Waals surface area contributed by atoms with Gasteiger partial charge in [0.25, 0.3) is 0 Å². The molecule has 1 heterocycles. The number of nitrogens with one attached hydrogen (secondary N) is 1. The molecule has 0 saturated carbocycles. The number of halogens is 1. The number of benzene rings is 2. The number of methoxy groups -OCH3 is 1. The minimum Gasteiger partial charge on any atom is -0.497 e. The average molecular weight is 332 g/mol. The minimum absolute atomic E-state index is 0.255. The molecule has 6 heteroatoms. The second-order valence-electron chi connectivity index (χ2n) is 4.93. The van der Waals surface area contributed by atoms with Crippen LogP contribution in [0, 0.1) is 5.82 Å². The summed E-state index contributed by atoms with van der Waals surface area (Å²) in [6, 6.07) is 11.8. The Morgan fingerprint density at radius 1 is 1.13 bits per heavy atom. The predicted molar refractivity (Wildman–Crippen MR) is 89.9 cm³/mol. The third-order valence-electron chi connectivity index (χ3n) is 3.28. The van der Waals surface area contributed by atoms with Crippen molar-refractivity contribution in [2.75, 3.05) is 19.5 Å². The zero-order valence-corrected chi connectivity index (χ0v) is 13.5. The number of nitrogens with zero attached hydrogens (tertiary/aromatic N) is 1. The van der Waals surface area contributed by atoms with Gasteiger partial charge >= 0.3 is 0 Å². The standard InChI is InChI=1S/C17H17FN2O2S/c1-21-14-7-8-15-16(11-14)20-17(19-15)23-10-2-9-22-13-5-3-12(18)4-6-13/h3-8,11H,2,9-10H2,1H3,(H,19,20). The summed E-state index contributed by atoms with van der Waals surface area (Å²) < 4.78 is 23.5. The van der Waals surface area contributed by atoms with Gasteiger partial charge in [0.15, 0.2) is 5.16 Å². The van der Waals surface area contributed by atoms with Crippen molar-refractivity contribution in [3.05, 3.63) is 48.3 Å². The van der Waals surface area contributed by atoms with Crippen molar-refractivity contribution in [2.24, 2.45) is 0 Å². The van der Waals surface area contributed by atoms with E-state index in [-0.39, 0.29) is 5.82 Å². The molecule has 120 valence electrons. The Bertz CT molecular complexity index is 774. The van der Waals surface area contributed by atoms with Gasteiger partial charge in [-0.05, 0) is 42.8 Å². The zero-order chi connectivity index (χ0) is 16.1. The number of hydrogen-bond acceptors (Lipinski definition) is 4. The van der Waals surface area contributed by atoms with E-state index in [2.05, 4.69) is 9.97 Å². The molecule has 0 unspecified atom stereocenters. The molecule has 0 saturated heterocycles. The van der Waals surface area contributed by atoms with Crippen molar-refractivity contribution in [2.45, 2.75) is 11.6 Å². The van der Waals surface area contributed by atoms with Crippen molar-refractivity contribution in [3.63, 3.8) is 0 Å². The lowest BCUT2D eigenvalue weighted by molar-refractivity contribution is 0.318. The smallest absolute Gasteiger partial charge is 0.166 e. The zero-order valence-electron chi connectivity index (χ0n) is 12.7. The van der Waals surface area contributed by atoms with Gasteiger partial charge in [0.2, 0.25) is 0 Å². The van der Waals surface area contributed by atoms with E-state index < -0.39 is 0 Å². The van der Waals surface area contributed by atoms with Crippen molar-refractivity contribution in [1.29, 1.82) is 0 Å². The monoisotopic (exact) mass is 332 g/mol. The summed E-state index contributed by atoms with van der Waals surface area (Å²) in [4.78, 5) is 7.80. The van der Waals surface area contributed by atoms with Gasteiger partial charge in [-0.2, -0.15) is 0 Å². The second-order valence-corrected chi connectivity index (χ2v) is 6.01. The fourth-order valence-corrected chi connectivity index (χ4v) is 2.91. The molecule has 0 spiro atoms. The summed E-state index contributed by atoms with van der Waals surface area (Å²) in [5, 5.41) is 0.884. The van der Waals surface area contributed by atoms with E-state index in [1.807, 2.05) is 18.2 Å². The van der Waals surface area contributed by atoms with E-state index in [9.17, 15) is 4.39 Å². The highest BCUT2D eigenvalue weighted by molar-refractivity contribution is 7.99. The topological polar surface area (TPSA) is 47.1 Å². The average Bonchev–Trinajstić information content (AvgIpc) is 2.98. The van der Waals surface area contributed by atoms with Gasteiger partial charge in [0.1, 0.15) is 17.3 Å². The normalized spacial score (nSPS) is 10.9. The van der Waals surface area contributed by atoms with E-state index in [1.165, 1.54) is 12.1 Å². The fourth-order valence-electron chi connectivity index (χ4n) is 2.11. The van der Waals surface area contributed by atoms with E-state index in [0.717, 1.165) is 34.1 Å². The molecule has 0 atom stereocenters. The van der Waals surface area contributed by atoms with Crippen LogP contribution in [0.25, 0.3) is 11.0 Å². The Kier molecular flexibility index (Phi) is 5.02. The summed E-state index contributed by atoms with van der Waals surface area (Å²) in [6.45, 7) is 0.590. The summed E-state index contributed by atoms with van der Waals surface area (Å²) in [7, 11) is 1.65. The predicted octanol–water partition coefficient (Wildman–Crippen LogP) is 4.27. The number of hydrogen-bond donors (Lipinski definition) is 1. The van der Waals surface area contributed by atoms with Crippen LogP contribution in [0.5, 0.6) is 11.5 Å². The van der Waals surface area contributed by atoms with Crippen LogP contribution in [0.3, 0.4) is 0 Å². The van der Waals surface area contributed by atoms with E-state index in [0.29, 0.717) is 12.4 Å². The molecular formula is C17H17FN2O2S. The Morgan fingerprint density at radius 3 is 2.70 bits per heavy atom. The Balaban J connectivity index is 1.46. The van der Waals surface area contributed by atoms with Crippen molar-refractivity contribution in [1.82, 2.24) is 9.97 Å². The highest BCUT2D eigenvalue weighted by atomic mass is 32.2. The number of thioether (sulfide) groups is 1. The molecule has 3 aromatic rings. The first-order valence-electron chi connectivity index (χ1n) is 7.29. The number of ether oxygens (including phenoxy) is 2. The summed E-state index contributed by atoms with van der Waals surface area (Å²) in [5.74, 6) is 2.13.